The van der Waals surface area contributed by atoms with Gasteiger partial charge in [0, 0.05) is 30.7 Å². The molecule has 0 bridgehead atoms. The van der Waals surface area contributed by atoms with E-state index < -0.39 is 0 Å². The van der Waals surface area contributed by atoms with Crippen molar-refractivity contribution in [2.45, 2.75) is 32.2 Å². The largest absolute Gasteiger partial charge is 0.347 e. The molecule has 1 saturated heterocycles. The number of halogens is 2. The molecule has 6 nitrogen and oxygen atoms in total. The first kappa shape index (κ1) is 20.4. The monoisotopic (exact) mass is 501 g/mol. The van der Waals surface area contributed by atoms with Crippen LogP contribution < -0.4 is 5.32 Å². The quantitative estimate of drug-likeness (QED) is 0.388. The minimum absolute atomic E-state index is 0. The van der Waals surface area contributed by atoms with Gasteiger partial charge in [-0.2, -0.15) is 4.98 Å². The van der Waals surface area contributed by atoms with Crippen LogP contribution in [0.4, 0.5) is 0 Å². The first-order chi connectivity index (χ1) is 12.7. The van der Waals surface area contributed by atoms with Crippen LogP contribution in [0.2, 0.25) is 5.02 Å². The zero-order valence-corrected chi connectivity index (χ0v) is 18.5. The molecule has 1 aromatic carbocycles. The van der Waals surface area contributed by atoms with E-state index >= 15 is 0 Å². The van der Waals surface area contributed by atoms with Gasteiger partial charge >= 0.3 is 0 Å². The number of nitrogens with zero attached hydrogens (tertiary/aromatic N) is 4. The van der Waals surface area contributed by atoms with E-state index in [9.17, 15) is 0 Å². The molecule has 2 fully saturated rings. The van der Waals surface area contributed by atoms with E-state index in [0.717, 1.165) is 36.4 Å². The fourth-order valence-corrected chi connectivity index (χ4v) is 4.33. The van der Waals surface area contributed by atoms with Crippen LogP contribution in [0.3, 0.4) is 0 Å². The third-order valence-electron chi connectivity index (χ3n) is 5.44. The molecule has 2 aromatic rings. The molecule has 2 heterocycles. The average molecular weight is 502 g/mol. The number of aromatic nitrogens is 2. The molecule has 27 heavy (non-hydrogen) atoms. The summed E-state index contributed by atoms with van der Waals surface area (Å²) in [4.78, 5) is 11.3. The molecule has 2 atom stereocenters. The zero-order chi connectivity index (χ0) is 17.9. The van der Waals surface area contributed by atoms with Crippen LogP contribution in [-0.2, 0) is 6.54 Å². The van der Waals surface area contributed by atoms with Gasteiger partial charge in [0.2, 0.25) is 11.7 Å². The first-order valence-electron chi connectivity index (χ1n) is 9.27. The summed E-state index contributed by atoms with van der Waals surface area (Å²) >= 11 is 6.03. The number of benzene rings is 1. The summed E-state index contributed by atoms with van der Waals surface area (Å²) in [6.07, 6.45) is 5.44. The Morgan fingerprint density at radius 3 is 2.70 bits per heavy atom. The highest BCUT2D eigenvalue weighted by Crippen LogP contribution is 2.35. The molecular formula is C19H25ClIN5O. The Balaban J connectivity index is 0.00000210. The normalized spacial score (nSPS) is 22.3. The fourth-order valence-electron chi connectivity index (χ4n) is 4.14. The maximum Gasteiger partial charge on any atom is 0.246 e. The van der Waals surface area contributed by atoms with Gasteiger partial charge in [0.25, 0.3) is 0 Å². The van der Waals surface area contributed by atoms with E-state index in [1.807, 2.05) is 31.3 Å². The summed E-state index contributed by atoms with van der Waals surface area (Å²) in [7, 11) is 1.83. The highest BCUT2D eigenvalue weighted by molar-refractivity contribution is 14.0. The third kappa shape index (κ3) is 4.74. The molecule has 1 aliphatic heterocycles. The maximum absolute atomic E-state index is 6.03. The molecule has 0 radical (unpaired) electrons. The zero-order valence-electron chi connectivity index (χ0n) is 15.4. The van der Waals surface area contributed by atoms with Crippen molar-refractivity contribution < 1.29 is 4.52 Å². The third-order valence-corrected chi connectivity index (χ3v) is 5.67. The minimum Gasteiger partial charge on any atom is -0.347 e. The Bertz CT molecular complexity index is 782. The molecule has 0 spiro atoms. The number of rotatable bonds is 3. The SMILES string of the molecule is CN=C(NCc1nc(-c2cccc(Cl)c2)no1)N1CC2CCCCC2C1.I. The Hall–Kier alpha value is -1.35. The van der Waals surface area contributed by atoms with Gasteiger partial charge in [-0.05, 0) is 36.8 Å². The molecule has 0 amide bonds. The molecule has 1 saturated carbocycles. The number of fused-ring (bicyclic) bond motifs is 1. The lowest BCUT2D eigenvalue weighted by Crippen LogP contribution is -2.39. The number of likely N-dealkylation sites (tertiary alicyclic amines) is 1. The van der Waals surface area contributed by atoms with E-state index in [1.54, 1.807) is 0 Å². The molecule has 2 aliphatic rings. The number of guanidine groups is 1. The van der Waals surface area contributed by atoms with Crippen molar-refractivity contribution in [3.63, 3.8) is 0 Å². The molecule has 2 unspecified atom stereocenters. The van der Waals surface area contributed by atoms with E-state index in [2.05, 4.69) is 25.3 Å². The number of aliphatic imine (C=N–C) groups is 1. The molecule has 146 valence electrons. The highest BCUT2D eigenvalue weighted by atomic mass is 127. The van der Waals surface area contributed by atoms with Crippen molar-refractivity contribution >= 4 is 41.5 Å². The van der Waals surface area contributed by atoms with E-state index in [-0.39, 0.29) is 24.0 Å². The van der Waals surface area contributed by atoms with Crippen LogP contribution in [0.25, 0.3) is 11.4 Å². The predicted octanol–water partition coefficient (Wildman–Crippen LogP) is 4.21. The minimum atomic E-state index is 0. The summed E-state index contributed by atoms with van der Waals surface area (Å²) in [6, 6.07) is 7.44. The molecule has 1 N–H and O–H groups in total. The fraction of sp³-hybridized carbons (Fsp3) is 0.526. The summed E-state index contributed by atoms with van der Waals surface area (Å²) < 4.78 is 5.37. The van der Waals surface area contributed by atoms with Crippen LogP contribution in [0.5, 0.6) is 0 Å². The lowest BCUT2D eigenvalue weighted by atomic mass is 9.82. The average Bonchev–Trinajstić information content (AvgIpc) is 3.29. The second kappa shape index (κ2) is 9.23. The molecule has 1 aromatic heterocycles. The van der Waals surface area contributed by atoms with Gasteiger partial charge in [-0.15, -0.1) is 24.0 Å². The van der Waals surface area contributed by atoms with Crippen molar-refractivity contribution in [2.24, 2.45) is 16.8 Å². The number of nitrogens with one attached hydrogen (secondary N) is 1. The predicted molar refractivity (Wildman–Crippen MR) is 117 cm³/mol. The highest BCUT2D eigenvalue weighted by Gasteiger charge is 2.35. The lowest BCUT2D eigenvalue weighted by Gasteiger charge is -2.22. The summed E-state index contributed by atoms with van der Waals surface area (Å²) in [5, 5.41) is 8.07. The van der Waals surface area contributed by atoms with Gasteiger partial charge in [-0.25, -0.2) is 0 Å². The van der Waals surface area contributed by atoms with Crippen LogP contribution in [0.15, 0.2) is 33.8 Å². The van der Waals surface area contributed by atoms with Crippen molar-refractivity contribution in [2.75, 3.05) is 20.1 Å². The van der Waals surface area contributed by atoms with Gasteiger partial charge in [0.1, 0.15) is 0 Å². The van der Waals surface area contributed by atoms with Gasteiger partial charge in [-0.3, -0.25) is 4.99 Å². The molecule has 4 rings (SSSR count). The number of hydrogen-bond acceptors (Lipinski definition) is 4. The second-order valence-corrected chi connectivity index (χ2v) is 7.57. The van der Waals surface area contributed by atoms with E-state index in [1.165, 1.54) is 25.7 Å². The van der Waals surface area contributed by atoms with E-state index in [0.29, 0.717) is 23.3 Å². The second-order valence-electron chi connectivity index (χ2n) is 7.13. The van der Waals surface area contributed by atoms with E-state index in [4.69, 9.17) is 16.1 Å². The number of hydrogen-bond donors (Lipinski definition) is 1. The van der Waals surface area contributed by atoms with Gasteiger partial charge < -0.3 is 14.7 Å². The first-order valence-corrected chi connectivity index (χ1v) is 9.65. The van der Waals surface area contributed by atoms with Crippen LogP contribution in [0.1, 0.15) is 31.6 Å². The lowest BCUT2D eigenvalue weighted by molar-refractivity contribution is 0.299. The van der Waals surface area contributed by atoms with Crippen LogP contribution in [-0.4, -0.2) is 41.1 Å². The van der Waals surface area contributed by atoms with Crippen molar-refractivity contribution in [1.29, 1.82) is 0 Å². The topological polar surface area (TPSA) is 66.5 Å². The van der Waals surface area contributed by atoms with Crippen molar-refractivity contribution in [3.8, 4) is 11.4 Å². The smallest absolute Gasteiger partial charge is 0.246 e. The van der Waals surface area contributed by atoms with Crippen molar-refractivity contribution in [3.05, 3.63) is 35.2 Å². The van der Waals surface area contributed by atoms with Crippen LogP contribution in [0, 0.1) is 11.8 Å². The Labute approximate surface area is 181 Å². The summed E-state index contributed by atoms with van der Waals surface area (Å²) in [5.74, 6) is 3.64. The molecule has 8 heteroatoms. The van der Waals surface area contributed by atoms with Gasteiger partial charge in [0.05, 0.1) is 6.54 Å². The standard InChI is InChI=1S/C19H24ClN5O.HI/c1-21-19(25-11-14-5-2-3-6-15(14)12-25)22-10-17-23-18(24-26-17)13-7-4-8-16(20)9-13;/h4,7-9,14-15H,2-3,5-6,10-12H2,1H3,(H,21,22);1H. The van der Waals surface area contributed by atoms with Crippen molar-refractivity contribution in [1.82, 2.24) is 20.4 Å². The molecule has 1 aliphatic carbocycles. The maximum atomic E-state index is 6.03. The summed E-state index contributed by atoms with van der Waals surface area (Å²) in [6.45, 7) is 2.66. The Morgan fingerprint density at radius 1 is 1.30 bits per heavy atom. The Morgan fingerprint density at radius 2 is 2.04 bits per heavy atom. The van der Waals surface area contributed by atoms with Gasteiger partial charge in [0.15, 0.2) is 5.96 Å². The summed E-state index contributed by atoms with van der Waals surface area (Å²) in [5.41, 5.74) is 0.848. The Kier molecular flexibility index (Phi) is 6.97. The van der Waals surface area contributed by atoms with Gasteiger partial charge in [-0.1, -0.05) is 41.7 Å². The molecular weight excluding hydrogens is 477 g/mol. The van der Waals surface area contributed by atoms with Crippen LogP contribution >= 0.6 is 35.6 Å².